The molecule has 0 aromatic heterocycles. The van der Waals surface area contributed by atoms with Gasteiger partial charge in [0.25, 0.3) is 0 Å². The average Bonchev–Trinajstić information content (AvgIpc) is 3.23. The minimum absolute atomic E-state index is 0.206. The molecule has 122 valence electrons. The number of carbonyl (C=O) groups is 1. The molecule has 0 aromatic carbocycles. The van der Waals surface area contributed by atoms with E-state index >= 15 is 0 Å². The molecule has 5 rings (SSSR count). The zero-order valence-electron chi connectivity index (χ0n) is 14.4. The van der Waals surface area contributed by atoms with E-state index in [2.05, 4.69) is 56.5 Å². The predicted molar refractivity (Wildman–Crippen MR) is 91.5 cm³/mol. The van der Waals surface area contributed by atoms with Gasteiger partial charge < -0.3 is 5.32 Å². The normalized spacial score (nSPS) is 50.5. The van der Waals surface area contributed by atoms with Gasteiger partial charge in [-0.2, -0.15) is 0 Å². The van der Waals surface area contributed by atoms with Gasteiger partial charge in [-0.15, -0.1) is 0 Å². The fraction of sp³-hybridized carbons (Fsp3) is 0.667. The van der Waals surface area contributed by atoms with Gasteiger partial charge in [0, 0.05) is 23.5 Å². The van der Waals surface area contributed by atoms with Crippen molar-refractivity contribution in [3.05, 3.63) is 36.0 Å². The number of amides is 1. The Morgan fingerprint density at radius 1 is 1.13 bits per heavy atom. The van der Waals surface area contributed by atoms with Crippen LogP contribution in [0.5, 0.6) is 0 Å². The Hall–Kier alpha value is -1.31. The molecule has 7 atom stereocenters. The first-order valence-corrected chi connectivity index (χ1v) is 9.31. The minimum Gasteiger partial charge on any atom is -0.349 e. The van der Waals surface area contributed by atoms with E-state index in [0.717, 1.165) is 11.5 Å². The van der Waals surface area contributed by atoms with Crippen molar-refractivity contribution in [2.75, 3.05) is 0 Å². The lowest BCUT2D eigenvalue weighted by Crippen LogP contribution is -2.47. The van der Waals surface area contributed by atoms with Crippen LogP contribution in [0, 0.1) is 40.4 Å². The molecule has 1 amide bonds. The summed E-state index contributed by atoms with van der Waals surface area (Å²) in [7, 11) is 0. The first-order chi connectivity index (χ1) is 10.9. The quantitative estimate of drug-likeness (QED) is 0.771. The summed E-state index contributed by atoms with van der Waals surface area (Å²) in [5, 5.41) is 3.46. The Balaban J connectivity index is 1.38. The van der Waals surface area contributed by atoms with Crippen LogP contribution in [-0.4, -0.2) is 11.9 Å². The number of hydrogen-bond acceptors (Lipinski definition) is 1. The van der Waals surface area contributed by atoms with Gasteiger partial charge in [0.1, 0.15) is 0 Å². The van der Waals surface area contributed by atoms with E-state index in [1.807, 2.05) is 0 Å². The van der Waals surface area contributed by atoms with E-state index < -0.39 is 0 Å². The van der Waals surface area contributed by atoms with Gasteiger partial charge in [-0.05, 0) is 47.8 Å². The number of hydrogen-bond donors (Lipinski definition) is 1. The molecule has 5 aliphatic carbocycles. The maximum atomic E-state index is 13.0. The minimum atomic E-state index is 0.206. The summed E-state index contributed by atoms with van der Waals surface area (Å²) in [6, 6.07) is 0.349. The monoisotopic (exact) mass is 309 g/mol. The van der Waals surface area contributed by atoms with Crippen molar-refractivity contribution in [3.63, 3.8) is 0 Å². The first kappa shape index (κ1) is 14.1. The van der Waals surface area contributed by atoms with Gasteiger partial charge in [0.15, 0.2) is 0 Å². The van der Waals surface area contributed by atoms with Crippen LogP contribution in [0.3, 0.4) is 0 Å². The fourth-order valence-electron chi connectivity index (χ4n) is 6.50. The largest absolute Gasteiger partial charge is 0.349 e. The topological polar surface area (TPSA) is 29.1 Å². The molecule has 0 heterocycles. The Bertz CT molecular complexity index is 669. The molecule has 0 spiro atoms. The third kappa shape index (κ3) is 1.58. The molecule has 2 saturated carbocycles. The van der Waals surface area contributed by atoms with E-state index in [-0.39, 0.29) is 11.3 Å². The number of rotatable bonds is 2. The highest BCUT2D eigenvalue weighted by atomic mass is 16.1. The van der Waals surface area contributed by atoms with Crippen LogP contribution in [0.25, 0.3) is 0 Å². The van der Waals surface area contributed by atoms with Gasteiger partial charge in [-0.25, -0.2) is 0 Å². The highest BCUT2D eigenvalue weighted by molar-refractivity contribution is 5.95. The molecule has 0 saturated heterocycles. The predicted octanol–water partition coefficient (Wildman–Crippen LogP) is 3.86. The zero-order valence-corrected chi connectivity index (χ0v) is 14.4. The lowest BCUT2D eigenvalue weighted by Gasteiger charge is -2.39. The maximum absolute atomic E-state index is 13.0. The molecule has 2 fully saturated rings. The summed E-state index contributed by atoms with van der Waals surface area (Å²) in [5.74, 6) is 2.96. The molecular formula is C21H27NO. The molecule has 0 unspecified atom stereocenters. The van der Waals surface area contributed by atoms with Crippen molar-refractivity contribution < 1.29 is 4.79 Å². The Kier molecular flexibility index (Phi) is 2.57. The third-order valence-electron chi connectivity index (χ3n) is 8.49. The molecule has 1 N–H and O–H groups in total. The zero-order chi connectivity index (χ0) is 16.0. The molecular weight excluding hydrogens is 282 g/mol. The second-order valence-electron chi connectivity index (χ2n) is 9.29. The van der Waals surface area contributed by atoms with Gasteiger partial charge >= 0.3 is 0 Å². The van der Waals surface area contributed by atoms with Crippen LogP contribution in [0.4, 0.5) is 0 Å². The molecule has 2 nitrogen and oxygen atoms in total. The summed E-state index contributed by atoms with van der Waals surface area (Å²) in [6.45, 7) is 7.22. The average molecular weight is 309 g/mol. The molecule has 2 bridgehead atoms. The van der Waals surface area contributed by atoms with Crippen LogP contribution in [0.1, 0.15) is 40.0 Å². The first-order valence-electron chi connectivity index (χ1n) is 9.31. The summed E-state index contributed by atoms with van der Waals surface area (Å²) >= 11 is 0. The Labute approximate surface area is 139 Å². The van der Waals surface area contributed by atoms with E-state index in [4.69, 9.17) is 0 Å². The smallest absolute Gasteiger partial charge is 0.247 e. The lowest BCUT2D eigenvalue weighted by atomic mass is 9.69. The van der Waals surface area contributed by atoms with Crippen LogP contribution in [-0.2, 0) is 4.79 Å². The van der Waals surface area contributed by atoms with Crippen LogP contribution >= 0.6 is 0 Å². The summed E-state index contributed by atoms with van der Waals surface area (Å²) in [6.07, 6.45) is 15.2. The van der Waals surface area contributed by atoms with E-state index in [1.165, 1.54) is 19.3 Å². The van der Waals surface area contributed by atoms with E-state index in [9.17, 15) is 4.79 Å². The van der Waals surface area contributed by atoms with Crippen molar-refractivity contribution in [3.8, 4) is 0 Å². The molecule has 23 heavy (non-hydrogen) atoms. The van der Waals surface area contributed by atoms with Crippen molar-refractivity contribution in [1.29, 1.82) is 0 Å². The Morgan fingerprint density at radius 2 is 1.87 bits per heavy atom. The van der Waals surface area contributed by atoms with Crippen molar-refractivity contribution in [1.82, 2.24) is 5.32 Å². The van der Waals surface area contributed by atoms with Crippen LogP contribution in [0.2, 0.25) is 0 Å². The second-order valence-corrected chi connectivity index (χ2v) is 9.29. The maximum Gasteiger partial charge on any atom is 0.247 e. The molecule has 5 aliphatic rings. The number of nitrogens with one attached hydrogen (secondary N) is 1. The van der Waals surface area contributed by atoms with Crippen LogP contribution < -0.4 is 5.32 Å². The fourth-order valence-corrected chi connectivity index (χ4v) is 6.50. The highest BCUT2D eigenvalue weighted by Crippen LogP contribution is 2.65. The van der Waals surface area contributed by atoms with E-state index in [0.29, 0.717) is 35.1 Å². The van der Waals surface area contributed by atoms with Crippen molar-refractivity contribution in [2.45, 2.75) is 46.1 Å². The van der Waals surface area contributed by atoms with Gasteiger partial charge in [0.2, 0.25) is 5.91 Å². The van der Waals surface area contributed by atoms with Crippen molar-refractivity contribution in [2.24, 2.45) is 40.4 Å². The molecule has 0 aliphatic heterocycles. The number of carbonyl (C=O) groups excluding carboxylic acids is 1. The number of allylic oxidation sites excluding steroid dienone is 5. The molecule has 0 aromatic rings. The summed E-state index contributed by atoms with van der Waals surface area (Å²) < 4.78 is 0. The lowest BCUT2D eigenvalue weighted by molar-refractivity contribution is -0.119. The number of fused-ring (bicyclic) bond motifs is 2. The van der Waals surface area contributed by atoms with Gasteiger partial charge in [-0.1, -0.05) is 51.2 Å². The second kappa shape index (κ2) is 4.20. The summed E-state index contributed by atoms with van der Waals surface area (Å²) in [4.78, 5) is 13.0. The molecule has 0 radical (unpaired) electrons. The van der Waals surface area contributed by atoms with Crippen molar-refractivity contribution >= 4 is 5.91 Å². The standard InChI is InChI=1S/C21H27NO/c1-20(2)14-8-9-21(20,3)17(11-14)22-19(23)16-10-13-5-4-12-6-7-15(16)18(12)13/h4-7,10,12-15,17-18H,8-9,11H2,1-3H3,(H,22,23)/t12-,13-,14-,15+,17+,18-,21-/m0/s1. The van der Waals surface area contributed by atoms with Gasteiger partial charge in [-0.3, -0.25) is 4.79 Å². The molecule has 2 heteroatoms. The summed E-state index contributed by atoms with van der Waals surface area (Å²) in [5.41, 5.74) is 1.65. The SMILES string of the molecule is CC1(C)[C@H]2CC[C@@]1(C)[C@H](NC(=O)C1=C[C@@H]3C=C[C@H]4C=C[C@H]1[C@@H]43)C2. The Morgan fingerprint density at radius 3 is 2.57 bits per heavy atom. The van der Waals surface area contributed by atoms with Crippen LogP contribution in [0.15, 0.2) is 36.0 Å². The van der Waals surface area contributed by atoms with Gasteiger partial charge in [0.05, 0.1) is 0 Å². The van der Waals surface area contributed by atoms with E-state index in [1.54, 1.807) is 0 Å². The third-order valence-corrected chi connectivity index (χ3v) is 8.49. The highest BCUT2D eigenvalue weighted by Gasteiger charge is 2.61.